The lowest BCUT2D eigenvalue weighted by Crippen LogP contribution is -2.51. The number of methoxy groups -OCH3 is 1. The Balaban J connectivity index is 2.61. The normalized spacial score (nSPS) is 39.0. The molecule has 0 saturated carbocycles. The summed E-state index contributed by atoms with van der Waals surface area (Å²) in [6, 6.07) is 0. The van der Waals surface area contributed by atoms with E-state index in [4.69, 9.17) is 15.2 Å². The predicted octanol–water partition coefficient (Wildman–Crippen LogP) is 0.387. The molecule has 2 atom stereocenters. The quantitative estimate of drug-likeness (QED) is 0.633. The Morgan fingerprint density at radius 2 is 2.45 bits per heavy atom. The van der Waals surface area contributed by atoms with Crippen molar-refractivity contribution in [3.63, 3.8) is 0 Å². The zero-order valence-electron chi connectivity index (χ0n) is 7.30. The highest BCUT2D eigenvalue weighted by molar-refractivity contribution is 4.89. The van der Waals surface area contributed by atoms with Crippen LogP contribution in [0.5, 0.6) is 0 Å². The van der Waals surface area contributed by atoms with Crippen LogP contribution in [-0.4, -0.2) is 32.5 Å². The van der Waals surface area contributed by atoms with Crippen LogP contribution < -0.4 is 5.73 Å². The summed E-state index contributed by atoms with van der Waals surface area (Å²) < 4.78 is 10.7. The van der Waals surface area contributed by atoms with Gasteiger partial charge in [0.15, 0.2) is 0 Å². The molecule has 3 nitrogen and oxygen atoms in total. The van der Waals surface area contributed by atoms with Gasteiger partial charge in [0.05, 0.1) is 12.2 Å². The molecule has 1 fully saturated rings. The monoisotopic (exact) mass is 159 g/mol. The van der Waals surface area contributed by atoms with E-state index in [0.29, 0.717) is 12.5 Å². The molecule has 1 aliphatic rings. The van der Waals surface area contributed by atoms with Crippen LogP contribution in [0.25, 0.3) is 0 Å². The number of hydrogen-bond donors (Lipinski definition) is 1. The second-order valence-electron chi connectivity index (χ2n) is 3.20. The lowest BCUT2D eigenvalue weighted by Gasteiger charge is -2.40. The molecule has 1 heterocycles. The zero-order chi connectivity index (χ0) is 8.32. The highest BCUT2D eigenvalue weighted by atomic mass is 16.5. The first kappa shape index (κ1) is 8.97. The molecule has 3 heteroatoms. The van der Waals surface area contributed by atoms with E-state index >= 15 is 0 Å². The number of ether oxygens (including phenoxy) is 2. The Morgan fingerprint density at radius 3 is 2.82 bits per heavy atom. The van der Waals surface area contributed by atoms with Crippen molar-refractivity contribution in [1.29, 1.82) is 0 Å². The molecule has 0 amide bonds. The summed E-state index contributed by atoms with van der Waals surface area (Å²) in [4.78, 5) is 0. The van der Waals surface area contributed by atoms with Gasteiger partial charge in [-0.05, 0) is 0 Å². The summed E-state index contributed by atoms with van der Waals surface area (Å²) in [6.45, 7) is 4.25. The van der Waals surface area contributed by atoms with E-state index in [9.17, 15) is 0 Å². The summed E-state index contributed by atoms with van der Waals surface area (Å²) in [6.07, 6.45) is 0.918. The average molecular weight is 159 g/mol. The second kappa shape index (κ2) is 3.52. The minimum absolute atomic E-state index is 0.127. The van der Waals surface area contributed by atoms with E-state index in [1.54, 1.807) is 7.11 Å². The third kappa shape index (κ3) is 1.55. The molecule has 0 radical (unpaired) electrons. The van der Waals surface area contributed by atoms with Gasteiger partial charge in [-0.25, -0.2) is 0 Å². The Morgan fingerprint density at radius 1 is 1.73 bits per heavy atom. The summed E-state index contributed by atoms with van der Waals surface area (Å²) in [5, 5.41) is 0. The van der Waals surface area contributed by atoms with Crippen molar-refractivity contribution in [1.82, 2.24) is 0 Å². The molecule has 0 spiro atoms. The Bertz CT molecular complexity index is 123. The molecule has 0 aromatic rings. The molecule has 0 bridgehead atoms. The lowest BCUT2D eigenvalue weighted by atomic mass is 9.84. The summed E-state index contributed by atoms with van der Waals surface area (Å²) >= 11 is 0. The zero-order valence-corrected chi connectivity index (χ0v) is 7.30. The molecule has 11 heavy (non-hydrogen) atoms. The maximum absolute atomic E-state index is 5.66. The molecule has 0 aromatic carbocycles. The maximum Gasteiger partial charge on any atom is 0.0869 e. The first-order chi connectivity index (χ1) is 5.25. The van der Waals surface area contributed by atoms with Crippen molar-refractivity contribution in [3.8, 4) is 0 Å². The Hall–Kier alpha value is -0.120. The van der Waals surface area contributed by atoms with Gasteiger partial charge >= 0.3 is 0 Å². The molecule has 66 valence electrons. The number of rotatable bonds is 2. The van der Waals surface area contributed by atoms with Crippen molar-refractivity contribution in [3.05, 3.63) is 0 Å². The van der Waals surface area contributed by atoms with Crippen molar-refractivity contribution < 1.29 is 9.47 Å². The van der Waals surface area contributed by atoms with Crippen molar-refractivity contribution in [2.24, 2.45) is 11.7 Å². The highest BCUT2D eigenvalue weighted by Crippen LogP contribution is 2.28. The van der Waals surface area contributed by atoms with Gasteiger partial charge in [-0.2, -0.15) is 0 Å². The van der Waals surface area contributed by atoms with Gasteiger partial charge in [-0.1, -0.05) is 6.92 Å². The van der Waals surface area contributed by atoms with Crippen molar-refractivity contribution in [2.45, 2.75) is 18.9 Å². The first-order valence-corrected chi connectivity index (χ1v) is 4.08. The predicted molar refractivity (Wildman–Crippen MR) is 43.4 cm³/mol. The van der Waals surface area contributed by atoms with Gasteiger partial charge in [0, 0.05) is 32.6 Å². The fourth-order valence-electron chi connectivity index (χ4n) is 1.59. The smallest absolute Gasteiger partial charge is 0.0869 e. The van der Waals surface area contributed by atoms with Gasteiger partial charge in [0.1, 0.15) is 0 Å². The van der Waals surface area contributed by atoms with Gasteiger partial charge < -0.3 is 15.2 Å². The minimum Gasteiger partial charge on any atom is -0.381 e. The molecule has 1 aliphatic heterocycles. The van der Waals surface area contributed by atoms with E-state index in [1.807, 2.05) is 0 Å². The topological polar surface area (TPSA) is 44.5 Å². The average Bonchev–Trinajstić information content (AvgIpc) is 2.06. The van der Waals surface area contributed by atoms with E-state index < -0.39 is 0 Å². The molecule has 0 aliphatic carbocycles. The largest absolute Gasteiger partial charge is 0.381 e. The first-order valence-electron chi connectivity index (χ1n) is 4.08. The van der Waals surface area contributed by atoms with Gasteiger partial charge in [0.2, 0.25) is 0 Å². The SMILES string of the molecule is COC1(CN)CCOCC1C. The van der Waals surface area contributed by atoms with Crippen LogP contribution in [0.1, 0.15) is 13.3 Å². The molecular weight excluding hydrogens is 142 g/mol. The van der Waals surface area contributed by atoms with Crippen LogP contribution in [0.15, 0.2) is 0 Å². The fraction of sp³-hybridized carbons (Fsp3) is 1.00. The van der Waals surface area contributed by atoms with Crippen LogP contribution in [0.2, 0.25) is 0 Å². The number of hydrogen-bond acceptors (Lipinski definition) is 3. The third-order valence-electron chi connectivity index (χ3n) is 2.69. The van der Waals surface area contributed by atoms with E-state index in [1.165, 1.54) is 0 Å². The minimum atomic E-state index is -0.127. The van der Waals surface area contributed by atoms with Crippen LogP contribution in [-0.2, 0) is 9.47 Å². The summed E-state index contributed by atoms with van der Waals surface area (Å²) in [5.74, 6) is 0.409. The van der Waals surface area contributed by atoms with Gasteiger partial charge in [0.25, 0.3) is 0 Å². The van der Waals surface area contributed by atoms with E-state index in [0.717, 1.165) is 19.6 Å². The van der Waals surface area contributed by atoms with Gasteiger partial charge in [-0.3, -0.25) is 0 Å². The van der Waals surface area contributed by atoms with Crippen molar-refractivity contribution in [2.75, 3.05) is 26.9 Å². The highest BCUT2D eigenvalue weighted by Gasteiger charge is 2.37. The maximum atomic E-state index is 5.66. The van der Waals surface area contributed by atoms with E-state index in [-0.39, 0.29) is 5.60 Å². The molecule has 1 rings (SSSR count). The standard InChI is InChI=1S/C8H17NO2/c1-7-5-11-4-3-8(7,6-9)10-2/h7H,3-6,9H2,1-2H3. The van der Waals surface area contributed by atoms with Crippen LogP contribution in [0.3, 0.4) is 0 Å². The number of nitrogens with two attached hydrogens (primary N) is 1. The summed E-state index contributed by atoms with van der Waals surface area (Å²) in [7, 11) is 1.73. The molecule has 2 unspecified atom stereocenters. The van der Waals surface area contributed by atoms with Crippen LogP contribution in [0.4, 0.5) is 0 Å². The fourth-order valence-corrected chi connectivity index (χ4v) is 1.59. The molecule has 2 N–H and O–H groups in total. The molecular formula is C8H17NO2. The van der Waals surface area contributed by atoms with Crippen LogP contribution in [0, 0.1) is 5.92 Å². The second-order valence-corrected chi connectivity index (χ2v) is 3.20. The van der Waals surface area contributed by atoms with Gasteiger partial charge in [-0.15, -0.1) is 0 Å². The lowest BCUT2D eigenvalue weighted by molar-refractivity contribution is -0.122. The van der Waals surface area contributed by atoms with E-state index in [2.05, 4.69) is 6.92 Å². The third-order valence-corrected chi connectivity index (χ3v) is 2.69. The molecule has 0 aromatic heterocycles. The van der Waals surface area contributed by atoms with Crippen molar-refractivity contribution >= 4 is 0 Å². The Labute approximate surface area is 67.9 Å². The van der Waals surface area contributed by atoms with Crippen LogP contribution >= 0.6 is 0 Å². The molecule has 1 saturated heterocycles. The summed E-state index contributed by atoms with van der Waals surface area (Å²) in [5.41, 5.74) is 5.53. The Kier molecular flexibility index (Phi) is 2.87.